The first kappa shape index (κ1) is 16.3. The fourth-order valence-corrected chi connectivity index (χ4v) is 2.53. The van der Waals surface area contributed by atoms with Crippen LogP contribution in [-0.4, -0.2) is 24.7 Å². The molecule has 4 heteroatoms. The lowest BCUT2D eigenvalue weighted by Crippen LogP contribution is -2.29. The summed E-state index contributed by atoms with van der Waals surface area (Å²) in [4.78, 5) is 24.5. The molecule has 0 aromatic carbocycles. The number of hydrogen-bond donors (Lipinski definition) is 2. The van der Waals surface area contributed by atoms with E-state index in [2.05, 4.69) is 24.5 Å². The molecule has 2 aliphatic rings. The molecule has 0 aliphatic heterocycles. The monoisotopic (exact) mass is 300 g/mol. The smallest absolute Gasteiger partial charge is 0.188 e. The van der Waals surface area contributed by atoms with E-state index in [1.54, 1.807) is 24.3 Å². The van der Waals surface area contributed by atoms with Crippen LogP contribution >= 0.6 is 0 Å². The number of ketones is 2. The topological polar surface area (TPSA) is 58.2 Å². The average Bonchev–Trinajstić information content (AvgIpc) is 2.52. The Morgan fingerprint density at radius 3 is 1.50 bits per heavy atom. The Morgan fingerprint density at radius 1 is 0.727 bits per heavy atom. The van der Waals surface area contributed by atoms with Gasteiger partial charge in [0.1, 0.15) is 0 Å². The van der Waals surface area contributed by atoms with Gasteiger partial charge in [0.15, 0.2) is 11.6 Å². The molecule has 0 aromatic rings. The molecule has 2 aliphatic carbocycles. The second-order valence-corrected chi connectivity index (χ2v) is 5.53. The Balaban J connectivity index is 2.31. The van der Waals surface area contributed by atoms with Crippen molar-refractivity contribution >= 4 is 11.6 Å². The number of fused-ring (bicyclic) bond motifs is 1. The molecule has 0 amide bonds. The molecule has 0 unspecified atom stereocenters. The van der Waals surface area contributed by atoms with Gasteiger partial charge in [-0.3, -0.25) is 9.59 Å². The lowest BCUT2D eigenvalue weighted by atomic mass is 9.86. The van der Waals surface area contributed by atoms with Gasteiger partial charge in [0.25, 0.3) is 0 Å². The number of hydrogen-bond acceptors (Lipinski definition) is 4. The second kappa shape index (κ2) is 7.78. The van der Waals surface area contributed by atoms with E-state index in [4.69, 9.17) is 0 Å². The highest BCUT2D eigenvalue weighted by Gasteiger charge is 2.29. The van der Waals surface area contributed by atoms with Crippen LogP contribution in [0.4, 0.5) is 0 Å². The zero-order valence-electron chi connectivity index (χ0n) is 13.4. The van der Waals surface area contributed by atoms with Crippen molar-refractivity contribution in [3.8, 4) is 0 Å². The number of rotatable bonds is 8. The van der Waals surface area contributed by atoms with Crippen LogP contribution < -0.4 is 10.6 Å². The summed E-state index contributed by atoms with van der Waals surface area (Å²) >= 11 is 0. The van der Waals surface area contributed by atoms with Crippen molar-refractivity contribution in [1.29, 1.82) is 0 Å². The first-order chi connectivity index (χ1) is 10.7. The van der Waals surface area contributed by atoms with E-state index in [-0.39, 0.29) is 11.6 Å². The highest BCUT2D eigenvalue weighted by Crippen LogP contribution is 2.28. The van der Waals surface area contributed by atoms with Crippen molar-refractivity contribution in [3.05, 3.63) is 46.8 Å². The van der Waals surface area contributed by atoms with Crippen LogP contribution in [0.2, 0.25) is 0 Å². The van der Waals surface area contributed by atoms with Gasteiger partial charge in [-0.15, -0.1) is 0 Å². The Bertz CT molecular complexity index is 528. The molecule has 0 saturated heterocycles. The molecule has 0 radical (unpaired) electrons. The Hall–Kier alpha value is -2.10. The van der Waals surface area contributed by atoms with E-state index in [0.717, 1.165) is 50.2 Å². The largest absolute Gasteiger partial charge is 0.384 e. The van der Waals surface area contributed by atoms with Crippen molar-refractivity contribution in [2.24, 2.45) is 0 Å². The average molecular weight is 300 g/mol. The zero-order valence-corrected chi connectivity index (χ0v) is 13.4. The first-order valence-electron chi connectivity index (χ1n) is 8.10. The fourth-order valence-electron chi connectivity index (χ4n) is 2.53. The number of allylic oxidation sites excluding steroid dienone is 6. The molecule has 0 heterocycles. The minimum absolute atomic E-state index is 0.104. The molecule has 4 nitrogen and oxygen atoms in total. The number of carbonyl (C=O) groups is 2. The lowest BCUT2D eigenvalue weighted by molar-refractivity contribution is -0.114. The molecular weight excluding hydrogens is 276 g/mol. The van der Waals surface area contributed by atoms with Crippen LogP contribution in [0.5, 0.6) is 0 Å². The van der Waals surface area contributed by atoms with E-state index in [0.29, 0.717) is 11.1 Å². The van der Waals surface area contributed by atoms with Crippen molar-refractivity contribution in [2.45, 2.75) is 39.5 Å². The molecule has 2 rings (SSSR count). The van der Waals surface area contributed by atoms with E-state index >= 15 is 0 Å². The summed E-state index contributed by atoms with van der Waals surface area (Å²) in [7, 11) is 0. The zero-order chi connectivity index (χ0) is 15.9. The SMILES string of the molecule is CCCCNC1=C2C(=O)C=CC(NCCCC)=C2C(=O)C=C1. The number of nitrogens with one attached hydrogen (secondary N) is 2. The molecule has 0 atom stereocenters. The minimum atomic E-state index is -0.104. The molecule has 22 heavy (non-hydrogen) atoms. The van der Waals surface area contributed by atoms with E-state index in [1.807, 2.05) is 0 Å². The van der Waals surface area contributed by atoms with Gasteiger partial charge < -0.3 is 10.6 Å². The standard InChI is InChI=1S/C18H24N2O2/c1-3-5-11-19-13-7-9-16(22)18-14(20-12-6-4-2)8-10-15(21)17(13)18/h7-10,19-20H,3-6,11-12H2,1-2H3. The molecule has 0 aromatic heterocycles. The molecule has 2 N–H and O–H groups in total. The Labute approximate surface area is 132 Å². The van der Waals surface area contributed by atoms with Gasteiger partial charge in [-0.05, 0) is 37.1 Å². The quantitative estimate of drug-likeness (QED) is 0.676. The van der Waals surface area contributed by atoms with E-state index < -0.39 is 0 Å². The van der Waals surface area contributed by atoms with Crippen LogP contribution in [0.15, 0.2) is 46.8 Å². The van der Waals surface area contributed by atoms with Gasteiger partial charge >= 0.3 is 0 Å². The van der Waals surface area contributed by atoms with Crippen LogP contribution in [0.1, 0.15) is 39.5 Å². The van der Waals surface area contributed by atoms with Crippen molar-refractivity contribution in [3.63, 3.8) is 0 Å². The van der Waals surface area contributed by atoms with Crippen molar-refractivity contribution in [2.75, 3.05) is 13.1 Å². The summed E-state index contributed by atoms with van der Waals surface area (Å²) < 4.78 is 0. The summed E-state index contributed by atoms with van der Waals surface area (Å²) in [6.45, 7) is 5.85. The van der Waals surface area contributed by atoms with Crippen molar-refractivity contribution < 1.29 is 9.59 Å². The first-order valence-corrected chi connectivity index (χ1v) is 8.10. The van der Waals surface area contributed by atoms with Gasteiger partial charge in [0.05, 0.1) is 11.1 Å². The molecule has 0 saturated carbocycles. The Morgan fingerprint density at radius 2 is 1.14 bits per heavy atom. The van der Waals surface area contributed by atoms with Crippen LogP contribution in [-0.2, 0) is 9.59 Å². The molecular formula is C18H24N2O2. The molecule has 0 bridgehead atoms. The van der Waals surface area contributed by atoms with Gasteiger partial charge in [0.2, 0.25) is 0 Å². The van der Waals surface area contributed by atoms with E-state index in [1.165, 1.54) is 0 Å². The summed E-state index contributed by atoms with van der Waals surface area (Å²) in [6, 6.07) is 0. The third kappa shape index (κ3) is 3.56. The van der Waals surface area contributed by atoms with Gasteiger partial charge in [0, 0.05) is 24.5 Å². The van der Waals surface area contributed by atoms with Crippen LogP contribution in [0.3, 0.4) is 0 Å². The third-order valence-corrected chi connectivity index (χ3v) is 3.78. The maximum Gasteiger partial charge on any atom is 0.188 e. The van der Waals surface area contributed by atoms with Crippen molar-refractivity contribution in [1.82, 2.24) is 10.6 Å². The highest BCUT2D eigenvalue weighted by molar-refractivity contribution is 6.23. The van der Waals surface area contributed by atoms with E-state index in [9.17, 15) is 9.59 Å². The summed E-state index contributed by atoms with van der Waals surface area (Å²) in [5.74, 6) is -0.208. The molecule has 0 spiro atoms. The number of carbonyl (C=O) groups excluding carboxylic acids is 2. The molecule has 118 valence electrons. The normalized spacial score (nSPS) is 17.2. The Kier molecular flexibility index (Phi) is 5.75. The van der Waals surface area contributed by atoms with Gasteiger partial charge in [-0.2, -0.15) is 0 Å². The van der Waals surface area contributed by atoms with Gasteiger partial charge in [-0.25, -0.2) is 0 Å². The summed E-state index contributed by atoms with van der Waals surface area (Å²) in [5, 5.41) is 6.57. The highest BCUT2D eigenvalue weighted by atomic mass is 16.1. The maximum atomic E-state index is 12.3. The summed E-state index contributed by atoms with van der Waals surface area (Å²) in [6.07, 6.45) is 10.8. The molecule has 0 fully saturated rings. The summed E-state index contributed by atoms with van der Waals surface area (Å²) in [5.41, 5.74) is 2.52. The van der Waals surface area contributed by atoms with Gasteiger partial charge in [-0.1, -0.05) is 26.7 Å². The van der Waals surface area contributed by atoms with Crippen LogP contribution in [0.25, 0.3) is 0 Å². The predicted octanol–water partition coefficient (Wildman–Crippen LogP) is 2.55. The second-order valence-electron chi connectivity index (χ2n) is 5.53. The fraction of sp³-hybridized carbons (Fsp3) is 0.444. The minimum Gasteiger partial charge on any atom is -0.384 e. The predicted molar refractivity (Wildman–Crippen MR) is 88.2 cm³/mol. The van der Waals surface area contributed by atoms with Crippen LogP contribution in [0, 0.1) is 0 Å². The number of unbranched alkanes of at least 4 members (excludes halogenated alkanes) is 2. The lowest BCUT2D eigenvalue weighted by Gasteiger charge is -2.23. The third-order valence-electron chi connectivity index (χ3n) is 3.78. The maximum absolute atomic E-state index is 12.3.